The van der Waals surface area contributed by atoms with Crippen molar-refractivity contribution in [1.29, 1.82) is 0 Å². The molecule has 2 atom stereocenters. The van der Waals surface area contributed by atoms with Crippen molar-refractivity contribution in [3.63, 3.8) is 0 Å². The lowest BCUT2D eigenvalue weighted by atomic mass is 10.1. The molecule has 2 aromatic heterocycles. The van der Waals surface area contributed by atoms with Crippen molar-refractivity contribution in [2.45, 2.75) is 39.8 Å². The Balaban J connectivity index is 1.71. The summed E-state index contributed by atoms with van der Waals surface area (Å²) >= 11 is 0. The van der Waals surface area contributed by atoms with Gasteiger partial charge < -0.3 is 29.5 Å². The Kier molecular flexibility index (Phi) is 7.85. The molecule has 10 heteroatoms. The number of piperazine rings is 1. The zero-order chi connectivity index (χ0) is 25.8. The molecule has 36 heavy (non-hydrogen) atoms. The molecule has 4 rings (SSSR count). The molecule has 1 unspecified atom stereocenters. The molecule has 1 amide bonds. The number of hydrogen-bond acceptors (Lipinski definition) is 9. The maximum absolute atomic E-state index is 11.9. The quantitative estimate of drug-likeness (QED) is 0.487. The van der Waals surface area contributed by atoms with Gasteiger partial charge in [-0.15, -0.1) is 0 Å². The van der Waals surface area contributed by atoms with E-state index >= 15 is 0 Å². The van der Waals surface area contributed by atoms with E-state index in [4.69, 9.17) is 19.2 Å². The number of carbonyl (C=O) groups excluding carboxylic acids is 1. The number of aliphatic hydroxyl groups excluding tert-OH is 1. The van der Waals surface area contributed by atoms with Crippen LogP contribution in [-0.4, -0.2) is 83.0 Å². The van der Waals surface area contributed by atoms with Crippen LogP contribution >= 0.6 is 0 Å². The van der Waals surface area contributed by atoms with E-state index in [1.165, 1.54) is 0 Å². The molecule has 3 aromatic rings. The van der Waals surface area contributed by atoms with Crippen LogP contribution in [0.5, 0.6) is 5.75 Å². The molecule has 1 saturated heterocycles. The zero-order valence-corrected chi connectivity index (χ0v) is 21.5. The van der Waals surface area contributed by atoms with E-state index in [1.807, 2.05) is 49.1 Å². The Morgan fingerprint density at radius 2 is 2.08 bits per heavy atom. The maximum Gasteiger partial charge on any atom is 0.219 e. The van der Waals surface area contributed by atoms with Crippen LogP contribution in [0.4, 0.5) is 5.82 Å². The number of likely N-dealkylation sites (N-methyl/N-ethyl adjacent to an activating group) is 1. The number of ether oxygens (including phenoxy) is 1. The van der Waals surface area contributed by atoms with E-state index < -0.39 is 6.10 Å². The highest BCUT2D eigenvalue weighted by atomic mass is 16.5. The lowest BCUT2D eigenvalue weighted by Crippen LogP contribution is -2.53. The molecule has 0 bridgehead atoms. The molecule has 0 spiro atoms. The fourth-order valence-electron chi connectivity index (χ4n) is 4.48. The number of aromatic nitrogens is 3. The lowest BCUT2D eigenvalue weighted by Gasteiger charge is -2.40. The van der Waals surface area contributed by atoms with Gasteiger partial charge in [0, 0.05) is 50.8 Å². The van der Waals surface area contributed by atoms with Crippen molar-refractivity contribution in [2.24, 2.45) is 0 Å². The summed E-state index contributed by atoms with van der Waals surface area (Å²) in [7, 11) is 1.78. The number of nitrogens with one attached hydrogen (secondary N) is 1. The first kappa shape index (κ1) is 25.6. The van der Waals surface area contributed by atoms with Gasteiger partial charge in [0.1, 0.15) is 30.0 Å². The van der Waals surface area contributed by atoms with Crippen molar-refractivity contribution >= 4 is 11.7 Å². The summed E-state index contributed by atoms with van der Waals surface area (Å²) in [5, 5.41) is 17.0. The average Bonchev–Trinajstić information content (AvgIpc) is 3.20. The van der Waals surface area contributed by atoms with Gasteiger partial charge in [-0.2, -0.15) is 0 Å². The molecule has 3 heterocycles. The molecule has 0 saturated carbocycles. The molecule has 2 N–H and O–H groups in total. The van der Waals surface area contributed by atoms with E-state index in [0.717, 1.165) is 28.3 Å². The molecule has 0 radical (unpaired) electrons. The van der Waals surface area contributed by atoms with Crippen molar-refractivity contribution < 1.29 is 19.2 Å². The molecule has 192 valence electrons. The molecule has 1 aliphatic heterocycles. The molecule has 1 aromatic carbocycles. The Morgan fingerprint density at radius 1 is 1.28 bits per heavy atom. The number of carbonyl (C=O) groups is 1. The molecular formula is C26H34N6O4. The number of nitrogens with zero attached hydrogens (tertiary/aromatic N) is 5. The SMILES string of the molecule is CNCC(O)COc1cccc(-c2nc(-c3c(C)noc3C)cc(N3CCN(C(C)=O)C[C@H]3C)n2)c1. The monoisotopic (exact) mass is 494 g/mol. The van der Waals surface area contributed by atoms with Gasteiger partial charge in [-0.3, -0.25) is 4.79 Å². The van der Waals surface area contributed by atoms with Crippen molar-refractivity contribution in [3.05, 3.63) is 41.8 Å². The second-order valence-corrected chi connectivity index (χ2v) is 9.19. The summed E-state index contributed by atoms with van der Waals surface area (Å²) in [6.45, 7) is 10.0. The smallest absolute Gasteiger partial charge is 0.219 e. The largest absolute Gasteiger partial charge is 0.491 e. The number of anilines is 1. The van der Waals surface area contributed by atoms with E-state index in [-0.39, 0.29) is 18.6 Å². The van der Waals surface area contributed by atoms with Crippen LogP contribution in [0.1, 0.15) is 25.3 Å². The van der Waals surface area contributed by atoms with Gasteiger partial charge >= 0.3 is 0 Å². The standard InChI is InChI=1S/C26H34N6O4/c1-16-14-31(19(4)33)9-10-32(16)24-12-23(25-17(2)30-36-18(25)3)28-26(29-24)20-7-6-8-22(11-20)35-15-21(34)13-27-5/h6-8,11-12,16,21,27,34H,9-10,13-15H2,1-5H3/t16-,21?/m1/s1. The van der Waals surface area contributed by atoms with Crippen LogP contribution in [0, 0.1) is 13.8 Å². The second-order valence-electron chi connectivity index (χ2n) is 9.19. The van der Waals surface area contributed by atoms with Gasteiger partial charge in [0.05, 0.1) is 17.0 Å². The summed E-state index contributed by atoms with van der Waals surface area (Å²) in [6.07, 6.45) is -0.612. The minimum atomic E-state index is -0.612. The molecule has 10 nitrogen and oxygen atoms in total. The first-order valence-corrected chi connectivity index (χ1v) is 12.2. The summed E-state index contributed by atoms with van der Waals surface area (Å²) in [6, 6.07) is 9.59. The summed E-state index contributed by atoms with van der Waals surface area (Å²) in [5.41, 5.74) is 3.12. The van der Waals surface area contributed by atoms with Crippen LogP contribution < -0.4 is 15.0 Å². The van der Waals surface area contributed by atoms with Crippen molar-refractivity contribution in [2.75, 3.05) is 44.7 Å². The Morgan fingerprint density at radius 3 is 2.75 bits per heavy atom. The van der Waals surface area contributed by atoms with E-state index in [1.54, 1.807) is 14.0 Å². The first-order valence-electron chi connectivity index (χ1n) is 12.2. The molecule has 0 aliphatic carbocycles. The minimum Gasteiger partial charge on any atom is -0.491 e. The summed E-state index contributed by atoms with van der Waals surface area (Å²) < 4.78 is 11.2. The van der Waals surface area contributed by atoms with Crippen molar-refractivity contribution in [3.8, 4) is 28.4 Å². The topological polar surface area (TPSA) is 117 Å². The molecule has 1 fully saturated rings. The zero-order valence-electron chi connectivity index (χ0n) is 21.5. The van der Waals surface area contributed by atoms with Crippen LogP contribution in [0.25, 0.3) is 22.6 Å². The second kappa shape index (κ2) is 11.0. The van der Waals surface area contributed by atoms with Gasteiger partial charge in [0.15, 0.2) is 5.82 Å². The van der Waals surface area contributed by atoms with Gasteiger partial charge in [-0.25, -0.2) is 9.97 Å². The summed E-state index contributed by atoms with van der Waals surface area (Å²) in [5.74, 6) is 2.72. The van der Waals surface area contributed by atoms with Gasteiger partial charge in [-0.05, 0) is 40.0 Å². The minimum absolute atomic E-state index is 0.0814. The number of hydrogen-bond donors (Lipinski definition) is 2. The average molecular weight is 495 g/mol. The highest BCUT2D eigenvalue weighted by Gasteiger charge is 2.27. The van der Waals surface area contributed by atoms with Gasteiger partial charge in [-0.1, -0.05) is 17.3 Å². The fourth-order valence-corrected chi connectivity index (χ4v) is 4.48. The third-order valence-corrected chi connectivity index (χ3v) is 6.34. The van der Waals surface area contributed by atoms with E-state index in [2.05, 4.69) is 22.3 Å². The highest BCUT2D eigenvalue weighted by Crippen LogP contribution is 2.32. The predicted octanol–water partition coefficient (Wildman–Crippen LogP) is 2.43. The van der Waals surface area contributed by atoms with Crippen LogP contribution in [0.3, 0.4) is 0 Å². The Hall–Kier alpha value is -3.50. The maximum atomic E-state index is 11.9. The van der Waals surface area contributed by atoms with Crippen LogP contribution in [0.15, 0.2) is 34.9 Å². The number of aliphatic hydroxyl groups is 1. The van der Waals surface area contributed by atoms with Crippen LogP contribution in [-0.2, 0) is 4.79 Å². The Labute approximate surface area is 211 Å². The number of aryl methyl sites for hydroxylation is 2. The summed E-state index contributed by atoms with van der Waals surface area (Å²) in [4.78, 5) is 25.8. The number of rotatable bonds is 8. The molecular weight excluding hydrogens is 460 g/mol. The number of amides is 1. The normalized spacial score (nSPS) is 16.8. The fraction of sp³-hybridized carbons (Fsp3) is 0.462. The number of benzene rings is 1. The van der Waals surface area contributed by atoms with E-state index in [9.17, 15) is 9.90 Å². The van der Waals surface area contributed by atoms with Crippen LogP contribution in [0.2, 0.25) is 0 Å². The predicted molar refractivity (Wildman–Crippen MR) is 137 cm³/mol. The van der Waals surface area contributed by atoms with E-state index in [0.29, 0.717) is 43.5 Å². The van der Waals surface area contributed by atoms with Gasteiger partial charge in [0.25, 0.3) is 0 Å². The Bertz CT molecular complexity index is 1190. The highest BCUT2D eigenvalue weighted by molar-refractivity contribution is 5.74. The third-order valence-electron chi connectivity index (χ3n) is 6.34. The third kappa shape index (κ3) is 5.66. The first-order chi connectivity index (χ1) is 17.3. The lowest BCUT2D eigenvalue weighted by molar-refractivity contribution is -0.129. The van der Waals surface area contributed by atoms with Gasteiger partial charge in [0.2, 0.25) is 5.91 Å². The molecule has 1 aliphatic rings. The van der Waals surface area contributed by atoms with Crippen molar-refractivity contribution in [1.82, 2.24) is 25.3 Å².